The minimum atomic E-state index is -0.0938. The molecule has 4 heteroatoms. The molecule has 1 rings (SSSR count). The van der Waals surface area contributed by atoms with Gasteiger partial charge in [0.05, 0.1) is 6.61 Å². The van der Waals surface area contributed by atoms with Crippen molar-refractivity contribution in [1.82, 2.24) is 0 Å². The zero-order valence-electron chi connectivity index (χ0n) is 10.7. The van der Waals surface area contributed by atoms with E-state index < -0.39 is 0 Å². The Kier molecular flexibility index (Phi) is 7.34. The molecule has 0 atom stereocenters. The second kappa shape index (κ2) is 8.86. The first-order valence-corrected chi connectivity index (χ1v) is 7.28. The van der Waals surface area contributed by atoms with Crippen molar-refractivity contribution in [3.8, 4) is 5.75 Å². The molecule has 0 aromatic heterocycles. The van der Waals surface area contributed by atoms with Crippen LogP contribution in [0.4, 0.5) is 0 Å². The number of rotatable bonds is 8. The normalized spacial score (nSPS) is 10.3. The summed E-state index contributed by atoms with van der Waals surface area (Å²) < 4.78 is 4.86. The zero-order chi connectivity index (χ0) is 13.2. The van der Waals surface area contributed by atoms with Gasteiger partial charge < -0.3 is 9.84 Å². The van der Waals surface area contributed by atoms with Gasteiger partial charge >= 0.3 is 5.97 Å². The summed E-state index contributed by atoms with van der Waals surface area (Å²) in [5.41, 5.74) is 0. The van der Waals surface area contributed by atoms with Gasteiger partial charge in [-0.15, -0.1) is 11.8 Å². The van der Waals surface area contributed by atoms with Crippen molar-refractivity contribution in [3.05, 3.63) is 24.3 Å². The van der Waals surface area contributed by atoms with Crippen molar-refractivity contribution in [2.24, 2.45) is 0 Å². The third kappa shape index (κ3) is 6.55. The molecule has 18 heavy (non-hydrogen) atoms. The van der Waals surface area contributed by atoms with Gasteiger partial charge in [0.1, 0.15) is 5.75 Å². The molecule has 3 nitrogen and oxygen atoms in total. The standard InChI is InChI=1S/C14H20O3S/c1-2-17-14(16)6-4-3-5-11-18-13-9-7-12(15)8-10-13/h7-10,15H,2-6,11H2,1H3. The van der Waals surface area contributed by atoms with Crippen LogP contribution in [0.3, 0.4) is 0 Å². The number of phenolic OH excluding ortho intramolecular Hbond substituents is 1. The van der Waals surface area contributed by atoms with Gasteiger partial charge in [0.2, 0.25) is 0 Å². The highest BCUT2D eigenvalue weighted by Crippen LogP contribution is 2.22. The maximum atomic E-state index is 11.1. The summed E-state index contributed by atoms with van der Waals surface area (Å²) in [6.07, 6.45) is 3.56. The third-order valence-electron chi connectivity index (χ3n) is 2.44. The van der Waals surface area contributed by atoms with E-state index >= 15 is 0 Å². The summed E-state index contributed by atoms with van der Waals surface area (Å²) in [5, 5.41) is 9.14. The van der Waals surface area contributed by atoms with Crippen molar-refractivity contribution in [3.63, 3.8) is 0 Å². The van der Waals surface area contributed by atoms with Crippen LogP contribution in [0, 0.1) is 0 Å². The van der Waals surface area contributed by atoms with Crippen molar-refractivity contribution < 1.29 is 14.6 Å². The maximum Gasteiger partial charge on any atom is 0.305 e. The molecule has 0 aliphatic rings. The van der Waals surface area contributed by atoms with Crippen LogP contribution >= 0.6 is 11.8 Å². The fourth-order valence-corrected chi connectivity index (χ4v) is 2.43. The van der Waals surface area contributed by atoms with Gasteiger partial charge in [0.15, 0.2) is 0 Å². The minimum absolute atomic E-state index is 0.0938. The lowest BCUT2D eigenvalue weighted by Crippen LogP contribution is -2.03. The van der Waals surface area contributed by atoms with E-state index in [-0.39, 0.29) is 5.97 Å². The number of unbranched alkanes of at least 4 members (excludes halogenated alkanes) is 2. The number of phenols is 1. The Hall–Kier alpha value is -1.16. The molecule has 0 fully saturated rings. The number of carbonyl (C=O) groups is 1. The van der Waals surface area contributed by atoms with Crippen LogP contribution in [0.1, 0.15) is 32.6 Å². The summed E-state index contributed by atoms with van der Waals surface area (Å²) in [6, 6.07) is 7.23. The molecule has 0 saturated carbocycles. The van der Waals surface area contributed by atoms with Crippen LogP contribution in [0.2, 0.25) is 0 Å². The number of hydrogen-bond donors (Lipinski definition) is 1. The van der Waals surface area contributed by atoms with Gasteiger partial charge in [-0.2, -0.15) is 0 Å². The Balaban J connectivity index is 2.02. The molecule has 1 aromatic rings. The van der Waals surface area contributed by atoms with Crippen LogP contribution in [-0.2, 0) is 9.53 Å². The molecule has 0 radical (unpaired) electrons. The maximum absolute atomic E-state index is 11.1. The van der Waals surface area contributed by atoms with Gasteiger partial charge in [0.25, 0.3) is 0 Å². The smallest absolute Gasteiger partial charge is 0.305 e. The second-order valence-electron chi connectivity index (χ2n) is 3.96. The van der Waals surface area contributed by atoms with E-state index in [1.54, 1.807) is 23.9 Å². The molecule has 1 aromatic carbocycles. The van der Waals surface area contributed by atoms with Gasteiger partial charge in [-0.3, -0.25) is 4.79 Å². The Morgan fingerprint density at radius 1 is 1.22 bits per heavy atom. The summed E-state index contributed by atoms with van der Waals surface area (Å²) >= 11 is 1.77. The second-order valence-corrected chi connectivity index (χ2v) is 5.13. The van der Waals surface area contributed by atoms with E-state index in [9.17, 15) is 4.79 Å². The molecule has 0 spiro atoms. The van der Waals surface area contributed by atoms with E-state index in [1.165, 1.54) is 0 Å². The van der Waals surface area contributed by atoms with E-state index in [0.29, 0.717) is 18.8 Å². The number of thioether (sulfide) groups is 1. The van der Waals surface area contributed by atoms with Gasteiger partial charge in [0, 0.05) is 11.3 Å². The quantitative estimate of drug-likeness (QED) is 0.444. The average Bonchev–Trinajstić information content (AvgIpc) is 2.36. The Bertz CT molecular complexity index is 349. The van der Waals surface area contributed by atoms with Crippen LogP contribution in [0.15, 0.2) is 29.2 Å². The molecule has 0 amide bonds. The van der Waals surface area contributed by atoms with Crippen molar-refractivity contribution in [2.75, 3.05) is 12.4 Å². The Morgan fingerprint density at radius 3 is 2.61 bits per heavy atom. The van der Waals surface area contributed by atoms with Crippen molar-refractivity contribution in [1.29, 1.82) is 0 Å². The Labute approximate surface area is 113 Å². The predicted molar refractivity (Wildman–Crippen MR) is 73.9 cm³/mol. The summed E-state index contributed by atoms with van der Waals surface area (Å²) in [4.78, 5) is 12.2. The molecule has 100 valence electrons. The topological polar surface area (TPSA) is 46.5 Å². The van der Waals surface area contributed by atoms with Gasteiger partial charge in [-0.05, 0) is 49.8 Å². The molecule has 0 unspecified atom stereocenters. The average molecular weight is 268 g/mol. The molecule has 0 aliphatic carbocycles. The van der Waals surface area contributed by atoms with Gasteiger partial charge in [-0.25, -0.2) is 0 Å². The van der Waals surface area contributed by atoms with E-state index in [0.717, 1.165) is 29.9 Å². The molecule has 0 aliphatic heterocycles. The minimum Gasteiger partial charge on any atom is -0.508 e. The molecule has 1 N–H and O–H groups in total. The molecular formula is C14H20O3S. The first kappa shape index (κ1) is 14.9. The van der Waals surface area contributed by atoms with Gasteiger partial charge in [-0.1, -0.05) is 6.42 Å². The predicted octanol–water partition coefficient (Wildman–Crippen LogP) is 3.61. The highest BCUT2D eigenvalue weighted by Gasteiger charge is 2.01. The lowest BCUT2D eigenvalue weighted by Gasteiger charge is -2.03. The van der Waals surface area contributed by atoms with E-state index in [4.69, 9.17) is 9.84 Å². The van der Waals surface area contributed by atoms with Crippen molar-refractivity contribution >= 4 is 17.7 Å². The van der Waals surface area contributed by atoms with E-state index in [2.05, 4.69) is 0 Å². The Morgan fingerprint density at radius 2 is 1.94 bits per heavy atom. The summed E-state index contributed by atoms with van der Waals surface area (Å²) in [6.45, 7) is 2.29. The fraction of sp³-hybridized carbons (Fsp3) is 0.500. The number of esters is 1. The number of carbonyl (C=O) groups excluding carboxylic acids is 1. The highest BCUT2D eigenvalue weighted by atomic mass is 32.2. The lowest BCUT2D eigenvalue weighted by atomic mass is 10.2. The summed E-state index contributed by atoms with van der Waals surface area (Å²) in [7, 11) is 0. The molecular weight excluding hydrogens is 248 g/mol. The molecule has 0 saturated heterocycles. The number of ether oxygens (including phenoxy) is 1. The SMILES string of the molecule is CCOC(=O)CCCCCSc1ccc(O)cc1. The fourth-order valence-electron chi connectivity index (χ4n) is 1.51. The first-order valence-electron chi connectivity index (χ1n) is 6.30. The summed E-state index contributed by atoms with van der Waals surface area (Å²) in [5.74, 6) is 1.24. The monoisotopic (exact) mass is 268 g/mol. The molecule has 0 bridgehead atoms. The van der Waals surface area contributed by atoms with Crippen LogP contribution in [0.25, 0.3) is 0 Å². The largest absolute Gasteiger partial charge is 0.508 e. The lowest BCUT2D eigenvalue weighted by molar-refractivity contribution is -0.143. The molecule has 0 heterocycles. The van der Waals surface area contributed by atoms with Crippen LogP contribution in [0.5, 0.6) is 5.75 Å². The number of hydrogen-bond acceptors (Lipinski definition) is 4. The van der Waals surface area contributed by atoms with Crippen molar-refractivity contribution in [2.45, 2.75) is 37.5 Å². The van der Waals surface area contributed by atoms with E-state index in [1.807, 2.05) is 19.1 Å². The zero-order valence-corrected chi connectivity index (χ0v) is 11.5. The van der Waals surface area contributed by atoms with Crippen LogP contribution in [-0.4, -0.2) is 23.4 Å². The van der Waals surface area contributed by atoms with Crippen LogP contribution < -0.4 is 0 Å². The number of aromatic hydroxyl groups is 1. The third-order valence-corrected chi connectivity index (χ3v) is 3.53. The highest BCUT2D eigenvalue weighted by molar-refractivity contribution is 7.99. The number of benzene rings is 1. The first-order chi connectivity index (χ1) is 8.72.